The zero-order valence-electron chi connectivity index (χ0n) is 15.0. The summed E-state index contributed by atoms with van der Waals surface area (Å²) in [5, 5.41) is 0. The third kappa shape index (κ3) is 5.03. The van der Waals surface area contributed by atoms with Crippen molar-refractivity contribution >= 4 is 27.6 Å². The van der Waals surface area contributed by atoms with Gasteiger partial charge in [-0.1, -0.05) is 0 Å². The van der Waals surface area contributed by atoms with Gasteiger partial charge >= 0.3 is 11.9 Å². The largest absolute Gasteiger partial charge is 0.462 e. The van der Waals surface area contributed by atoms with Crippen molar-refractivity contribution in [2.45, 2.75) is 18.7 Å². The second-order valence-electron chi connectivity index (χ2n) is 5.42. The first kappa shape index (κ1) is 21.3. The maximum absolute atomic E-state index is 13.9. The Morgan fingerprint density at radius 1 is 0.929 bits per heavy atom. The third-order valence-corrected chi connectivity index (χ3v) is 4.81. The minimum Gasteiger partial charge on any atom is -0.462 e. The molecule has 10 heteroatoms. The van der Waals surface area contributed by atoms with Crippen LogP contribution in [0.4, 0.5) is 14.5 Å². The van der Waals surface area contributed by atoms with Crippen molar-refractivity contribution in [1.29, 1.82) is 0 Å². The van der Waals surface area contributed by atoms with Gasteiger partial charge in [-0.15, -0.1) is 0 Å². The number of anilines is 1. The summed E-state index contributed by atoms with van der Waals surface area (Å²) in [5.41, 5.74) is -0.410. The van der Waals surface area contributed by atoms with Gasteiger partial charge in [0.25, 0.3) is 10.0 Å². The molecular weight excluding hydrogens is 396 g/mol. The Morgan fingerprint density at radius 2 is 1.46 bits per heavy atom. The van der Waals surface area contributed by atoms with E-state index < -0.39 is 38.5 Å². The highest BCUT2D eigenvalue weighted by Gasteiger charge is 2.22. The van der Waals surface area contributed by atoms with Gasteiger partial charge in [-0.25, -0.2) is 26.8 Å². The van der Waals surface area contributed by atoms with Crippen molar-refractivity contribution in [1.82, 2.24) is 0 Å². The van der Waals surface area contributed by atoms with E-state index in [0.717, 1.165) is 24.3 Å². The minimum absolute atomic E-state index is 0.0598. The van der Waals surface area contributed by atoms with Crippen LogP contribution in [0.1, 0.15) is 34.6 Å². The zero-order valence-corrected chi connectivity index (χ0v) is 15.8. The SMILES string of the molecule is CCOC(=O)c1cc(NS(=O)(=O)c2ccc(F)cc2F)cc(C(=O)OCC)c1. The van der Waals surface area contributed by atoms with Gasteiger partial charge in [0.2, 0.25) is 0 Å². The van der Waals surface area contributed by atoms with E-state index in [9.17, 15) is 26.8 Å². The molecule has 0 spiro atoms. The standard InChI is InChI=1S/C18H17F2NO6S/c1-3-26-17(22)11-7-12(18(23)27-4-2)9-14(8-11)21-28(24,25)16-6-5-13(19)10-15(16)20/h5-10,21H,3-4H2,1-2H3. The molecule has 0 atom stereocenters. The Bertz CT molecular complexity index is 971. The van der Waals surface area contributed by atoms with E-state index in [-0.39, 0.29) is 30.0 Å². The van der Waals surface area contributed by atoms with Crippen LogP contribution in [-0.2, 0) is 19.5 Å². The Morgan fingerprint density at radius 3 is 1.93 bits per heavy atom. The molecule has 0 heterocycles. The summed E-state index contributed by atoms with van der Waals surface area (Å²) in [6.45, 7) is 3.27. The van der Waals surface area contributed by atoms with Gasteiger partial charge in [0.05, 0.1) is 30.0 Å². The molecule has 0 aliphatic carbocycles. The molecule has 2 rings (SSSR count). The molecule has 0 bridgehead atoms. The monoisotopic (exact) mass is 413 g/mol. The van der Waals surface area contributed by atoms with Crippen LogP contribution in [0.15, 0.2) is 41.3 Å². The van der Waals surface area contributed by atoms with Crippen molar-refractivity contribution in [3.63, 3.8) is 0 Å². The first-order chi connectivity index (χ1) is 13.2. The molecule has 0 aliphatic rings. The molecule has 0 saturated carbocycles. The lowest BCUT2D eigenvalue weighted by Gasteiger charge is -2.12. The van der Waals surface area contributed by atoms with E-state index in [0.29, 0.717) is 6.07 Å². The zero-order chi connectivity index (χ0) is 20.9. The summed E-state index contributed by atoms with van der Waals surface area (Å²) in [7, 11) is -4.47. The van der Waals surface area contributed by atoms with E-state index in [1.165, 1.54) is 6.07 Å². The molecule has 1 N–H and O–H groups in total. The minimum atomic E-state index is -4.47. The number of carbonyl (C=O) groups excluding carboxylic acids is 2. The topological polar surface area (TPSA) is 98.8 Å². The summed E-state index contributed by atoms with van der Waals surface area (Å²) in [6, 6.07) is 5.41. The lowest BCUT2D eigenvalue weighted by atomic mass is 10.1. The van der Waals surface area contributed by atoms with E-state index in [2.05, 4.69) is 4.72 Å². The van der Waals surface area contributed by atoms with Crippen molar-refractivity contribution < 1.29 is 36.3 Å². The molecule has 0 aliphatic heterocycles. The average molecular weight is 413 g/mol. The predicted molar refractivity (Wildman–Crippen MR) is 95.5 cm³/mol. The summed E-state index contributed by atoms with van der Waals surface area (Å²) in [6.07, 6.45) is 0. The van der Waals surface area contributed by atoms with Crippen LogP contribution in [0, 0.1) is 11.6 Å². The lowest BCUT2D eigenvalue weighted by molar-refractivity contribution is 0.0525. The molecule has 0 unspecified atom stereocenters. The number of sulfonamides is 1. The van der Waals surface area contributed by atoms with Crippen LogP contribution in [-0.4, -0.2) is 33.6 Å². The maximum atomic E-state index is 13.9. The summed E-state index contributed by atoms with van der Waals surface area (Å²) >= 11 is 0. The van der Waals surface area contributed by atoms with E-state index >= 15 is 0 Å². The molecule has 0 aromatic heterocycles. The van der Waals surface area contributed by atoms with E-state index in [1.807, 2.05) is 0 Å². The van der Waals surface area contributed by atoms with E-state index in [1.54, 1.807) is 13.8 Å². The fourth-order valence-corrected chi connectivity index (χ4v) is 3.36. The molecule has 0 fully saturated rings. The van der Waals surface area contributed by atoms with Gasteiger partial charge in [-0.05, 0) is 44.2 Å². The number of hydrogen-bond acceptors (Lipinski definition) is 6. The molecule has 0 amide bonds. The van der Waals surface area contributed by atoms with Crippen LogP contribution in [0.5, 0.6) is 0 Å². The molecule has 0 saturated heterocycles. The first-order valence-electron chi connectivity index (χ1n) is 8.15. The second-order valence-corrected chi connectivity index (χ2v) is 7.07. The molecule has 7 nitrogen and oxygen atoms in total. The highest BCUT2D eigenvalue weighted by Crippen LogP contribution is 2.23. The number of nitrogens with one attached hydrogen (secondary N) is 1. The Hall–Kier alpha value is -3.01. The molecular formula is C18H17F2NO6S. The molecule has 0 radical (unpaired) electrons. The van der Waals surface area contributed by atoms with Crippen LogP contribution in [0.25, 0.3) is 0 Å². The van der Waals surface area contributed by atoms with Gasteiger partial charge < -0.3 is 9.47 Å². The lowest BCUT2D eigenvalue weighted by Crippen LogP contribution is -2.16. The summed E-state index contributed by atoms with van der Waals surface area (Å²) < 4.78 is 63.5. The normalized spacial score (nSPS) is 11.0. The van der Waals surface area contributed by atoms with Gasteiger partial charge in [0.1, 0.15) is 16.5 Å². The highest BCUT2D eigenvalue weighted by atomic mass is 32.2. The fourth-order valence-electron chi connectivity index (χ4n) is 2.25. The van der Waals surface area contributed by atoms with Crippen LogP contribution < -0.4 is 4.72 Å². The number of esters is 2. The Kier molecular flexibility index (Phi) is 6.68. The molecule has 2 aromatic carbocycles. The molecule has 2 aromatic rings. The van der Waals surface area contributed by atoms with Crippen LogP contribution in [0.3, 0.4) is 0 Å². The van der Waals surface area contributed by atoms with Crippen LogP contribution in [0.2, 0.25) is 0 Å². The first-order valence-corrected chi connectivity index (χ1v) is 9.63. The second kappa shape index (κ2) is 8.79. The van der Waals surface area contributed by atoms with Gasteiger partial charge in [-0.2, -0.15) is 0 Å². The highest BCUT2D eigenvalue weighted by molar-refractivity contribution is 7.92. The number of halogens is 2. The summed E-state index contributed by atoms with van der Waals surface area (Å²) in [5.74, 6) is -3.81. The van der Waals surface area contributed by atoms with Crippen molar-refractivity contribution in [3.05, 3.63) is 59.2 Å². The molecule has 150 valence electrons. The Balaban J connectivity index is 2.48. The van der Waals surface area contributed by atoms with Crippen molar-refractivity contribution in [2.75, 3.05) is 17.9 Å². The Labute approximate surface area is 160 Å². The van der Waals surface area contributed by atoms with Gasteiger partial charge in [0, 0.05) is 6.07 Å². The number of hydrogen-bond donors (Lipinski definition) is 1. The number of benzene rings is 2. The van der Waals surface area contributed by atoms with E-state index in [4.69, 9.17) is 9.47 Å². The molecule has 28 heavy (non-hydrogen) atoms. The van der Waals surface area contributed by atoms with Gasteiger partial charge in [-0.3, -0.25) is 4.72 Å². The maximum Gasteiger partial charge on any atom is 0.338 e. The predicted octanol–water partition coefficient (Wildman–Crippen LogP) is 3.12. The van der Waals surface area contributed by atoms with Crippen molar-refractivity contribution in [2.24, 2.45) is 0 Å². The number of carbonyl (C=O) groups is 2. The van der Waals surface area contributed by atoms with Crippen molar-refractivity contribution in [3.8, 4) is 0 Å². The number of ether oxygens (including phenoxy) is 2. The fraction of sp³-hybridized carbons (Fsp3) is 0.222. The third-order valence-electron chi connectivity index (χ3n) is 3.39. The quantitative estimate of drug-likeness (QED) is 0.701. The van der Waals surface area contributed by atoms with Gasteiger partial charge in [0.15, 0.2) is 0 Å². The summed E-state index contributed by atoms with van der Waals surface area (Å²) in [4.78, 5) is 23.2. The smallest absolute Gasteiger partial charge is 0.338 e. The van der Waals surface area contributed by atoms with Crippen LogP contribution >= 0.6 is 0 Å². The number of rotatable bonds is 7. The average Bonchev–Trinajstić information content (AvgIpc) is 2.61.